The smallest absolute Gasteiger partial charge is 0.194 e. The molecule has 0 amide bonds. The number of aliphatic hydroxyl groups is 4. The zero-order chi connectivity index (χ0) is 41.8. The first-order valence-corrected chi connectivity index (χ1v) is 23.8. The summed E-state index contributed by atoms with van der Waals surface area (Å²) in [4.78, 5) is 0. The van der Waals surface area contributed by atoms with E-state index in [9.17, 15) is 10.2 Å². The average molecular weight is 815 g/mol. The quantitative estimate of drug-likeness (QED) is 0.0303. The monoisotopic (exact) mass is 815 g/mol. The number of nitrogens with zero attached hydrogens (tertiary/aromatic N) is 2. The second kappa shape index (κ2) is 34.8. The Bertz CT molecular complexity index is 1080. The molecular formula is C50H90N2O6+2. The summed E-state index contributed by atoms with van der Waals surface area (Å²) in [5.74, 6) is 0. The lowest BCUT2D eigenvalue weighted by Gasteiger charge is -2.39. The minimum absolute atomic E-state index is 0.0403. The van der Waals surface area contributed by atoms with Crippen molar-refractivity contribution in [2.75, 3.05) is 79.9 Å². The van der Waals surface area contributed by atoms with Gasteiger partial charge in [0.25, 0.3) is 0 Å². The van der Waals surface area contributed by atoms with E-state index in [-0.39, 0.29) is 13.2 Å². The lowest BCUT2D eigenvalue weighted by Crippen LogP contribution is -2.55. The minimum atomic E-state index is -0.457. The van der Waals surface area contributed by atoms with Crippen LogP contribution in [0.2, 0.25) is 0 Å². The molecular weight excluding hydrogens is 725 g/mol. The number of ether oxygens (including phenoxy) is 2. The topological polar surface area (TPSA) is 99.4 Å². The fraction of sp³-hybridized carbons (Fsp3) is 0.760. The van der Waals surface area contributed by atoms with Crippen LogP contribution in [0.3, 0.4) is 0 Å². The molecule has 0 radical (unpaired) electrons. The minimum Gasteiger partial charge on any atom is -0.394 e. The van der Waals surface area contributed by atoms with Gasteiger partial charge in [0.1, 0.15) is 13.1 Å². The molecule has 0 aliphatic rings. The van der Waals surface area contributed by atoms with Gasteiger partial charge in [-0.2, -0.15) is 0 Å². The van der Waals surface area contributed by atoms with E-state index in [0.717, 1.165) is 39.0 Å². The largest absolute Gasteiger partial charge is 0.394 e. The number of hydrogen-bond acceptors (Lipinski definition) is 6. The maximum absolute atomic E-state index is 11.2. The van der Waals surface area contributed by atoms with Gasteiger partial charge in [-0.25, -0.2) is 0 Å². The lowest BCUT2D eigenvalue weighted by molar-refractivity contribution is -0.954. The van der Waals surface area contributed by atoms with Crippen LogP contribution in [0.1, 0.15) is 152 Å². The van der Waals surface area contributed by atoms with Crippen molar-refractivity contribution < 1.29 is 38.9 Å². The van der Waals surface area contributed by atoms with Crippen LogP contribution >= 0.6 is 0 Å². The Labute approximate surface area is 356 Å². The highest BCUT2D eigenvalue weighted by atomic mass is 16.5. The van der Waals surface area contributed by atoms with E-state index < -0.39 is 12.5 Å². The third-order valence-corrected chi connectivity index (χ3v) is 12.5. The summed E-state index contributed by atoms with van der Waals surface area (Å²) in [6, 6.07) is 20.5. The summed E-state index contributed by atoms with van der Waals surface area (Å²) in [5, 5.41) is 40.5. The van der Waals surface area contributed by atoms with Crippen molar-refractivity contribution in [2.45, 2.75) is 167 Å². The van der Waals surface area contributed by atoms with Gasteiger partial charge in [0, 0.05) is 0 Å². The molecule has 2 aromatic carbocycles. The van der Waals surface area contributed by atoms with E-state index in [0.29, 0.717) is 48.2 Å². The van der Waals surface area contributed by atoms with Gasteiger partial charge in [0.15, 0.2) is 12.5 Å². The normalized spacial score (nSPS) is 14.9. The maximum Gasteiger partial charge on any atom is 0.194 e. The van der Waals surface area contributed by atoms with Crippen molar-refractivity contribution >= 4 is 0 Å². The summed E-state index contributed by atoms with van der Waals surface area (Å²) >= 11 is 0. The van der Waals surface area contributed by atoms with Crippen molar-refractivity contribution in [3.8, 4) is 0 Å². The van der Waals surface area contributed by atoms with Crippen LogP contribution < -0.4 is 0 Å². The third-order valence-electron chi connectivity index (χ3n) is 12.5. The van der Waals surface area contributed by atoms with Crippen LogP contribution in [0, 0.1) is 0 Å². The number of rotatable bonds is 41. The molecule has 2 rings (SSSR count). The molecule has 334 valence electrons. The van der Waals surface area contributed by atoms with Crippen molar-refractivity contribution in [2.24, 2.45) is 0 Å². The van der Waals surface area contributed by atoms with Crippen molar-refractivity contribution in [3.63, 3.8) is 0 Å². The van der Waals surface area contributed by atoms with Gasteiger partial charge in [-0.1, -0.05) is 176 Å². The SMILES string of the molecule is C[N+](CCCCCCCCCCCCCCCCCCCCCCCC[N+](C)(CCOCCO)C(O)Cc1ccccc1)(CCOCCO)C(O)Cc1ccccc1. The summed E-state index contributed by atoms with van der Waals surface area (Å²) in [6.07, 6.45) is 29.7. The average Bonchev–Trinajstić information content (AvgIpc) is 3.23. The number of benzene rings is 2. The second-order valence-corrected chi connectivity index (χ2v) is 17.6. The standard InChI is InChI=1S/C50H90N2O6/c1-51(37-41-57-43-39-53,49(55)45-47-31-25-23-26-32-47)35-29-21-19-17-15-13-11-9-7-5-3-4-6-8-10-12-14-16-18-20-22-30-36-52(2,38-42-58-44-40-54)50(56)46-48-33-27-24-28-34-48/h23-28,31-34,49-50,53-56H,3-22,29-30,35-46H2,1-2H3/q+2. The molecule has 4 N–H and O–H groups in total. The van der Waals surface area contributed by atoms with E-state index in [2.05, 4.69) is 38.4 Å². The fourth-order valence-corrected chi connectivity index (χ4v) is 8.27. The van der Waals surface area contributed by atoms with Gasteiger partial charge in [-0.15, -0.1) is 0 Å². The van der Waals surface area contributed by atoms with Gasteiger partial charge >= 0.3 is 0 Å². The molecule has 58 heavy (non-hydrogen) atoms. The van der Waals surface area contributed by atoms with Crippen LogP contribution in [-0.2, 0) is 22.3 Å². The molecule has 0 saturated heterocycles. The molecule has 8 heteroatoms. The summed E-state index contributed by atoms with van der Waals surface area (Å²) in [5.41, 5.74) is 2.33. The summed E-state index contributed by atoms with van der Waals surface area (Å²) < 4.78 is 12.3. The lowest BCUT2D eigenvalue weighted by atomic mass is 10.0. The Morgan fingerprint density at radius 3 is 0.897 bits per heavy atom. The molecule has 4 atom stereocenters. The molecule has 0 aliphatic carbocycles. The van der Waals surface area contributed by atoms with E-state index in [1.165, 1.54) is 140 Å². The van der Waals surface area contributed by atoms with Crippen LogP contribution in [0.5, 0.6) is 0 Å². The molecule has 0 saturated carbocycles. The van der Waals surface area contributed by atoms with Gasteiger partial charge in [-0.05, 0) is 36.8 Å². The molecule has 2 aromatic rings. The Kier molecular flexibility index (Phi) is 31.3. The van der Waals surface area contributed by atoms with Crippen molar-refractivity contribution in [1.29, 1.82) is 0 Å². The van der Waals surface area contributed by atoms with Crippen LogP contribution in [0.25, 0.3) is 0 Å². The van der Waals surface area contributed by atoms with Crippen molar-refractivity contribution in [1.82, 2.24) is 0 Å². The Morgan fingerprint density at radius 1 is 0.379 bits per heavy atom. The maximum atomic E-state index is 11.2. The first-order chi connectivity index (χ1) is 28.3. The number of quaternary nitrogens is 2. The molecule has 0 spiro atoms. The van der Waals surface area contributed by atoms with Gasteiger partial charge in [0.05, 0.1) is 79.7 Å². The molecule has 0 aromatic heterocycles. The Hall–Kier alpha value is -1.88. The van der Waals surface area contributed by atoms with Crippen LogP contribution in [0.4, 0.5) is 0 Å². The molecule has 0 bridgehead atoms. The third kappa shape index (κ3) is 25.7. The first kappa shape index (κ1) is 52.3. The zero-order valence-corrected chi connectivity index (χ0v) is 37.5. The highest BCUT2D eigenvalue weighted by Gasteiger charge is 2.31. The molecule has 0 heterocycles. The van der Waals surface area contributed by atoms with Crippen LogP contribution in [0.15, 0.2) is 60.7 Å². The fourth-order valence-electron chi connectivity index (χ4n) is 8.27. The van der Waals surface area contributed by atoms with Crippen molar-refractivity contribution in [3.05, 3.63) is 71.8 Å². The molecule has 4 unspecified atom stereocenters. The van der Waals surface area contributed by atoms with E-state index in [1.54, 1.807) is 0 Å². The molecule has 0 aliphatic heterocycles. The van der Waals surface area contributed by atoms with E-state index in [4.69, 9.17) is 19.7 Å². The van der Waals surface area contributed by atoms with Gasteiger partial charge in [-0.3, -0.25) is 8.97 Å². The predicted molar refractivity (Wildman–Crippen MR) is 242 cm³/mol. The number of aliphatic hydroxyl groups excluding tert-OH is 4. The highest BCUT2D eigenvalue weighted by molar-refractivity contribution is 5.15. The summed E-state index contributed by atoms with van der Waals surface area (Å²) in [7, 11) is 4.31. The molecule has 8 nitrogen and oxygen atoms in total. The first-order valence-electron chi connectivity index (χ1n) is 23.8. The predicted octanol–water partition coefficient (Wildman–Crippen LogP) is 9.60. The van der Waals surface area contributed by atoms with Gasteiger partial charge < -0.3 is 29.9 Å². The van der Waals surface area contributed by atoms with Gasteiger partial charge in [0.2, 0.25) is 0 Å². The van der Waals surface area contributed by atoms with Crippen LogP contribution in [-0.4, -0.2) is 122 Å². The number of hydrogen-bond donors (Lipinski definition) is 4. The number of likely N-dealkylation sites (N-methyl/N-ethyl adjacent to an activating group) is 2. The highest BCUT2D eigenvalue weighted by Crippen LogP contribution is 2.20. The summed E-state index contributed by atoms with van der Waals surface area (Å²) in [6.45, 7) is 5.33. The Balaban J connectivity index is 1.38. The van der Waals surface area contributed by atoms with E-state index in [1.807, 2.05) is 36.4 Å². The number of unbranched alkanes of at least 4 members (excludes halogenated alkanes) is 21. The zero-order valence-electron chi connectivity index (χ0n) is 37.5. The Morgan fingerprint density at radius 2 is 0.638 bits per heavy atom. The van der Waals surface area contributed by atoms with E-state index >= 15 is 0 Å². The molecule has 0 fully saturated rings. The second-order valence-electron chi connectivity index (χ2n) is 17.6.